The van der Waals surface area contributed by atoms with Crippen LogP contribution in [0.1, 0.15) is 16.1 Å². The van der Waals surface area contributed by atoms with Crippen molar-refractivity contribution in [1.82, 2.24) is 4.57 Å². The maximum Gasteiger partial charge on any atom is 0.341 e. The van der Waals surface area contributed by atoms with Crippen molar-refractivity contribution in [2.24, 2.45) is 0 Å². The molecule has 110 valence electrons. The molecule has 0 bridgehead atoms. The number of hydrogen-bond acceptors (Lipinski definition) is 4. The average Bonchev–Trinajstić information content (AvgIpc) is 2.46. The van der Waals surface area contributed by atoms with E-state index in [1.165, 1.54) is 24.9 Å². The zero-order chi connectivity index (χ0) is 15.6. The number of nitrogens with zero attached hydrogens (tertiary/aromatic N) is 1. The average molecular weight is 308 g/mol. The first-order valence-electron chi connectivity index (χ1n) is 6.14. The molecule has 2 aromatic rings. The summed E-state index contributed by atoms with van der Waals surface area (Å²) in [5.74, 6) is 0.0162. The van der Waals surface area contributed by atoms with Gasteiger partial charge < -0.3 is 9.47 Å². The number of pyridine rings is 1. The monoisotopic (exact) mass is 307 g/mol. The minimum absolute atomic E-state index is 0.0727. The first-order valence-corrected chi connectivity index (χ1v) is 6.52. The number of hydrogen-bond donors (Lipinski definition) is 0. The summed E-state index contributed by atoms with van der Waals surface area (Å²) in [7, 11) is 2.80. The molecule has 0 radical (unpaired) electrons. The lowest BCUT2D eigenvalue weighted by Crippen LogP contribution is -2.23. The van der Waals surface area contributed by atoms with Crippen molar-refractivity contribution in [3.63, 3.8) is 0 Å². The molecule has 21 heavy (non-hydrogen) atoms. The molecule has 0 spiro atoms. The van der Waals surface area contributed by atoms with Crippen molar-refractivity contribution < 1.29 is 14.3 Å². The smallest absolute Gasteiger partial charge is 0.341 e. The van der Waals surface area contributed by atoms with E-state index in [0.29, 0.717) is 17.1 Å². The van der Waals surface area contributed by atoms with Crippen molar-refractivity contribution in [3.05, 3.63) is 57.0 Å². The van der Waals surface area contributed by atoms with Gasteiger partial charge in [-0.3, -0.25) is 9.36 Å². The van der Waals surface area contributed by atoms with Crippen molar-refractivity contribution in [2.75, 3.05) is 14.2 Å². The first kappa shape index (κ1) is 15.1. The predicted molar refractivity (Wildman–Crippen MR) is 79.7 cm³/mol. The molecule has 5 nitrogen and oxygen atoms in total. The zero-order valence-corrected chi connectivity index (χ0v) is 12.6. The Bertz CT molecular complexity index is 752. The minimum atomic E-state index is -0.589. The van der Waals surface area contributed by atoms with Crippen LogP contribution in [0.15, 0.2) is 35.1 Å². The lowest BCUT2D eigenvalue weighted by Gasteiger charge is -2.14. The molecule has 0 aliphatic carbocycles. The van der Waals surface area contributed by atoms with E-state index in [9.17, 15) is 9.59 Å². The number of benzene rings is 1. The van der Waals surface area contributed by atoms with Crippen LogP contribution in [0, 0.1) is 6.92 Å². The minimum Gasteiger partial charge on any atom is -0.497 e. The number of carbonyl (C=O) groups is 1. The van der Waals surface area contributed by atoms with E-state index in [1.54, 1.807) is 31.2 Å². The van der Waals surface area contributed by atoms with Gasteiger partial charge >= 0.3 is 5.97 Å². The van der Waals surface area contributed by atoms with Gasteiger partial charge in [0.05, 0.1) is 30.5 Å². The highest BCUT2D eigenvalue weighted by molar-refractivity contribution is 6.33. The van der Waals surface area contributed by atoms with Gasteiger partial charge in [0.1, 0.15) is 5.75 Å². The SMILES string of the molecule is COC(=O)c1c(Cl)cc(=O)n(-c2cccc(OC)c2)c1C. The molecule has 6 heteroatoms. The van der Waals surface area contributed by atoms with E-state index >= 15 is 0 Å². The number of esters is 1. The first-order chi connectivity index (χ1) is 9.99. The lowest BCUT2D eigenvalue weighted by atomic mass is 10.1. The van der Waals surface area contributed by atoms with Crippen LogP contribution in [0.5, 0.6) is 5.75 Å². The van der Waals surface area contributed by atoms with Crippen LogP contribution >= 0.6 is 11.6 Å². The number of rotatable bonds is 3. The fourth-order valence-corrected chi connectivity index (χ4v) is 2.42. The standard InChI is InChI=1S/C15H14ClNO4/c1-9-14(15(19)21-3)12(16)8-13(18)17(9)10-5-4-6-11(7-10)20-2/h4-8H,1-3H3. The van der Waals surface area contributed by atoms with Gasteiger partial charge in [0.25, 0.3) is 5.56 Å². The van der Waals surface area contributed by atoms with Crippen LogP contribution in [0.3, 0.4) is 0 Å². The van der Waals surface area contributed by atoms with Crippen LogP contribution in [-0.4, -0.2) is 24.8 Å². The van der Waals surface area contributed by atoms with Crippen LogP contribution in [0.25, 0.3) is 5.69 Å². The highest BCUT2D eigenvalue weighted by atomic mass is 35.5. The Morgan fingerprint density at radius 3 is 2.57 bits per heavy atom. The molecule has 1 heterocycles. The second-order valence-electron chi connectivity index (χ2n) is 4.32. The second-order valence-corrected chi connectivity index (χ2v) is 4.73. The molecule has 0 unspecified atom stereocenters. The van der Waals surface area contributed by atoms with Gasteiger partial charge in [-0.05, 0) is 19.1 Å². The Morgan fingerprint density at radius 1 is 1.24 bits per heavy atom. The molecular weight excluding hydrogens is 294 g/mol. The number of aromatic nitrogens is 1. The summed E-state index contributed by atoms with van der Waals surface area (Å²) in [6.07, 6.45) is 0. The summed E-state index contributed by atoms with van der Waals surface area (Å²) in [5, 5.41) is 0.0727. The number of carbonyl (C=O) groups excluding carboxylic acids is 1. The Kier molecular flexibility index (Phi) is 4.33. The van der Waals surface area contributed by atoms with E-state index in [2.05, 4.69) is 0 Å². The maximum atomic E-state index is 12.2. The summed E-state index contributed by atoms with van der Waals surface area (Å²) in [4.78, 5) is 24.0. The molecular formula is C15H14ClNO4. The third kappa shape index (κ3) is 2.78. The van der Waals surface area contributed by atoms with E-state index in [4.69, 9.17) is 21.1 Å². The highest BCUT2D eigenvalue weighted by Gasteiger charge is 2.19. The molecule has 0 amide bonds. The van der Waals surface area contributed by atoms with Gasteiger partial charge in [-0.2, -0.15) is 0 Å². The van der Waals surface area contributed by atoms with Crippen LogP contribution in [0.2, 0.25) is 5.02 Å². The number of ether oxygens (including phenoxy) is 2. The topological polar surface area (TPSA) is 57.5 Å². The van der Waals surface area contributed by atoms with Crippen LogP contribution in [-0.2, 0) is 4.74 Å². The van der Waals surface area contributed by atoms with Crippen LogP contribution < -0.4 is 10.3 Å². The fourth-order valence-electron chi connectivity index (χ4n) is 2.11. The summed E-state index contributed by atoms with van der Waals surface area (Å²) in [6, 6.07) is 8.16. The molecule has 0 aliphatic heterocycles. The Labute approximate surface area is 126 Å². The predicted octanol–water partition coefficient (Wildman–Crippen LogP) is 2.59. The van der Waals surface area contributed by atoms with Crippen molar-refractivity contribution in [3.8, 4) is 11.4 Å². The Morgan fingerprint density at radius 2 is 1.95 bits per heavy atom. The zero-order valence-electron chi connectivity index (χ0n) is 11.8. The van der Waals surface area contributed by atoms with E-state index < -0.39 is 5.97 Å². The van der Waals surface area contributed by atoms with Gasteiger partial charge in [0.15, 0.2) is 0 Å². The molecule has 0 atom stereocenters. The van der Waals surface area contributed by atoms with E-state index in [0.717, 1.165) is 0 Å². The van der Waals surface area contributed by atoms with Crippen molar-refractivity contribution in [2.45, 2.75) is 6.92 Å². The van der Waals surface area contributed by atoms with Gasteiger partial charge in [-0.25, -0.2) is 4.79 Å². The maximum absolute atomic E-state index is 12.2. The molecule has 0 fully saturated rings. The summed E-state index contributed by atoms with van der Waals surface area (Å²) in [5.41, 5.74) is 0.825. The van der Waals surface area contributed by atoms with Crippen molar-refractivity contribution in [1.29, 1.82) is 0 Å². The largest absolute Gasteiger partial charge is 0.497 e. The molecule has 0 aliphatic rings. The lowest BCUT2D eigenvalue weighted by molar-refractivity contribution is 0.0599. The van der Waals surface area contributed by atoms with Gasteiger partial charge in [-0.15, -0.1) is 0 Å². The van der Waals surface area contributed by atoms with E-state index in [1.807, 2.05) is 0 Å². The third-order valence-corrected chi connectivity index (χ3v) is 3.41. The second kappa shape index (κ2) is 6.01. The number of halogens is 1. The molecule has 1 aromatic heterocycles. The molecule has 1 aromatic carbocycles. The molecule has 0 N–H and O–H groups in total. The normalized spacial score (nSPS) is 10.3. The summed E-state index contributed by atoms with van der Waals surface area (Å²) in [6.45, 7) is 1.64. The van der Waals surface area contributed by atoms with Crippen LogP contribution in [0.4, 0.5) is 0 Å². The molecule has 2 rings (SSSR count). The fraction of sp³-hybridized carbons (Fsp3) is 0.200. The van der Waals surface area contributed by atoms with Gasteiger partial charge in [-0.1, -0.05) is 17.7 Å². The van der Waals surface area contributed by atoms with Crippen molar-refractivity contribution >= 4 is 17.6 Å². The summed E-state index contributed by atoms with van der Waals surface area (Å²) < 4.78 is 11.2. The van der Waals surface area contributed by atoms with Gasteiger partial charge in [0.2, 0.25) is 0 Å². The third-order valence-electron chi connectivity index (χ3n) is 3.11. The number of methoxy groups -OCH3 is 2. The van der Waals surface area contributed by atoms with Gasteiger partial charge in [0, 0.05) is 17.8 Å². The Balaban J connectivity index is 2.74. The Hall–Kier alpha value is -2.27. The highest BCUT2D eigenvalue weighted by Crippen LogP contribution is 2.22. The molecule has 0 saturated heterocycles. The quantitative estimate of drug-likeness (QED) is 0.818. The molecule has 0 saturated carbocycles. The summed E-state index contributed by atoms with van der Waals surface area (Å²) >= 11 is 5.99. The van der Waals surface area contributed by atoms with E-state index in [-0.39, 0.29) is 16.1 Å².